The van der Waals surface area contributed by atoms with Gasteiger partial charge in [-0.25, -0.2) is 4.39 Å². The van der Waals surface area contributed by atoms with Crippen LogP contribution in [0.15, 0.2) is 53.0 Å². The van der Waals surface area contributed by atoms with Gasteiger partial charge in [0.05, 0.1) is 0 Å². The van der Waals surface area contributed by atoms with E-state index in [1.807, 2.05) is 24.3 Å². The van der Waals surface area contributed by atoms with E-state index in [0.29, 0.717) is 0 Å². The van der Waals surface area contributed by atoms with E-state index in [1.54, 1.807) is 0 Å². The summed E-state index contributed by atoms with van der Waals surface area (Å²) in [6.07, 6.45) is 0. The second-order valence-corrected chi connectivity index (χ2v) is 5.63. The van der Waals surface area contributed by atoms with Gasteiger partial charge in [-0.3, -0.25) is 0 Å². The van der Waals surface area contributed by atoms with Gasteiger partial charge in [0, 0.05) is 16.6 Å². The van der Waals surface area contributed by atoms with Crippen molar-refractivity contribution in [1.82, 2.24) is 5.32 Å². The van der Waals surface area contributed by atoms with Crippen molar-refractivity contribution in [2.24, 2.45) is 0 Å². The lowest BCUT2D eigenvalue weighted by Crippen LogP contribution is -2.22. The van der Waals surface area contributed by atoms with Crippen molar-refractivity contribution in [3.8, 4) is 0 Å². The normalized spacial score (nSPS) is 14.1. The summed E-state index contributed by atoms with van der Waals surface area (Å²) < 4.78 is 14.0. The molecule has 2 rings (SSSR count). The van der Waals surface area contributed by atoms with Crippen LogP contribution in [0.2, 0.25) is 0 Å². The van der Waals surface area contributed by atoms with Gasteiger partial charge in [-0.1, -0.05) is 40.2 Å². The molecule has 1 N–H and O–H groups in total. The van der Waals surface area contributed by atoms with Gasteiger partial charge in [-0.15, -0.1) is 0 Å². The molecule has 2 atom stereocenters. The molecule has 2 aromatic carbocycles. The molecule has 0 amide bonds. The lowest BCUT2D eigenvalue weighted by atomic mass is 10.0. The Morgan fingerprint density at radius 3 is 1.74 bits per heavy atom. The Hall–Kier alpha value is -1.19. The van der Waals surface area contributed by atoms with Gasteiger partial charge in [-0.05, 0) is 49.2 Å². The van der Waals surface area contributed by atoms with Crippen LogP contribution in [0.25, 0.3) is 0 Å². The summed E-state index contributed by atoms with van der Waals surface area (Å²) in [5.41, 5.74) is 2.32. The van der Waals surface area contributed by atoms with Crippen LogP contribution in [0.3, 0.4) is 0 Å². The number of rotatable bonds is 4. The van der Waals surface area contributed by atoms with Crippen molar-refractivity contribution in [2.75, 3.05) is 0 Å². The first-order chi connectivity index (χ1) is 9.06. The molecule has 0 saturated heterocycles. The maximum absolute atomic E-state index is 12.9. The molecule has 2 aromatic rings. The maximum Gasteiger partial charge on any atom is 0.123 e. The molecule has 0 aliphatic carbocycles. The van der Waals surface area contributed by atoms with E-state index in [4.69, 9.17) is 0 Å². The molecule has 1 nitrogen and oxygen atoms in total. The summed E-state index contributed by atoms with van der Waals surface area (Å²) in [7, 11) is 0. The summed E-state index contributed by atoms with van der Waals surface area (Å²) in [5, 5.41) is 3.51. The van der Waals surface area contributed by atoms with E-state index in [9.17, 15) is 4.39 Å². The van der Waals surface area contributed by atoms with Crippen molar-refractivity contribution < 1.29 is 4.39 Å². The zero-order valence-electron chi connectivity index (χ0n) is 11.0. The zero-order chi connectivity index (χ0) is 13.8. The van der Waals surface area contributed by atoms with Crippen LogP contribution in [-0.2, 0) is 0 Å². The van der Waals surface area contributed by atoms with Crippen LogP contribution < -0.4 is 5.32 Å². The average Bonchev–Trinajstić information content (AvgIpc) is 2.40. The Morgan fingerprint density at radius 1 is 0.842 bits per heavy atom. The van der Waals surface area contributed by atoms with Gasteiger partial charge in [0.15, 0.2) is 0 Å². The van der Waals surface area contributed by atoms with Crippen molar-refractivity contribution in [2.45, 2.75) is 25.9 Å². The first kappa shape index (κ1) is 14.2. The number of hydrogen-bond donors (Lipinski definition) is 1. The molecule has 0 aromatic heterocycles. The predicted octanol–water partition coefficient (Wildman–Crippen LogP) is 5.00. The summed E-state index contributed by atoms with van der Waals surface area (Å²) in [4.78, 5) is 0. The van der Waals surface area contributed by atoms with E-state index in [1.165, 1.54) is 17.7 Å². The highest BCUT2D eigenvalue weighted by molar-refractivity contribution is 9.10. The van der Waals surface area contributed by atoms with Crippen molar-refractivity contribution in [3.63, 3.8) is 0 Å². The Labute approximate surface area is 122 Å². The minimum Gasteiger partial charge on any atom is -0.304 e. The van der Waals surface area contributed by atoms with Crippen LogP contribution in [-0.4, -0.2) is 0 Å². The summed E-state index contributed by atoms with van der Waals surface area (Å²) in [5.74, 6) is -0.197. The second kappa shape index (κ2) is 6.31. The zero-order valence-corrected chi connectivity index (χ0v) is 12.6. The maximum atomic E-state index is 12.9. The minimum atomic E-state index is -0.197. The first-order valence-corrected chi connectivity index (χ1v) is 7.12. The van der Waals surface area contributed by atoms with E-state index in [-0.39, 0.29) is 17.9 Å². The lowest BCUT2D eigenvalue weighted by Gasteiger charge is -2.21. The largest absolute Gasteiger partial charge is 0.304 e. The Bertz CT molecular complexity index is 472. The van der Waals surface area contributed by atoms with Crippen molar-refractivity contribution >= 4 is 15.9 Å². The SMILES string of the molecule is CC(N[C@@H](C)c1ccc(Br)cc1)c1ccc(F)cc1. The van der Waals surface area contributed by atoms with Gasteiger partial charge < -0.3 is 5.32 Å². The number of nitrogens with one attached hydrogen (secondary N) is 1. The molecule has 100 valence electrons. The Morgan fingerprint density at radius 2 is 1.26 bits per heavy atom. The molecule has 0 aliphatic rings. The van der Waals surface area contributed by atoms with Gasteiger partial charge in [0.25, 0.3) is 0 Å². The van der Waals surface area contributed by atoms with Gasteiger partial charge in [-0.2, -0.15) is 0 Å². The molecule has 3 heteroatoms. The Balaban J connectivity index is 2.03. The fraction of sp³-hybridized carbons (Fsp3) is 0.250. The topological polar surface area (TPSA) is 12.0 Å². The molecular weight excluding hydrogens is 305 g/mol. The van der Waals surface area contributed by atoms with Crippen molar-refractivity contribution in [3.05, 3.63) is 69.9 Å². The third-order valence-corrected chi connectivity index (χ3v) is 3.77. The third-order valence-electron chi connectivity index (χ3n) is 3.24. The summed E-state index contributed by atoms with van der Waals surface area (Å²) in [6, 6.07) is 15.3. The van der Waals surface area contributed by atoms with Gasteiger partial charge in [0.2, 0.25) is 0 Å². The van der Waals surface area contributed by atoms with E-state index in [0.717, 1.165) is 10.0 Å². The Kier molecular flexibility index (Phi) is 4.72. The van der Waals surface area contributed by atoms with Crippen molar-refractivity contribution in [1.29, 1.82) is 0 Å². The monoisotopic (exact) mass is 321 g/mol. The van der Waals surface area contributed by atoms with Crippen LogP contribution in [0.4, 0.5) is 4.39 Å². The van der Waals surface area contributed by atoms with Gasteiger partial charge >= 0.3 is 0 Å². The molecule has 0 bridgehead atoms. The molecule has 0 spiro atoms. The first-order valence-electron chi connectivity index (χ1n) is 6.33. The highest BCUT2D eigenvalue weighted by Gasteiger charge is 2.11. The lowest BCUT2D eigenvalue weighted by molar-refractivity contribution is 0.494. The number of hydrogen-bond acceptors (Lipinski definition) is 1. The second-order valence-electron chi connectivity index (χ2n) is 4.71. The smallest absolute Gasteiger partial charge is 0.123 e. The molecule has 0 radical (unpaired) electrons. The summed E-state index contributed by atoms with van der Waals surface area (Å²) >= 11 is 3.43. The van der Waals surface area contributed by atoms with Crippen LogP contribution >= 0.6 is 15.9 Å². The average molecular weight is 322 g/mol. The molecule has 0 fully saturated rings. The van der Waals surface area contributed by atoms with E-state index < -0.39 is 0 Å². The molecule has 0 saturated carbocycles. The third kappa shape index (κ3) is 3.88. The molecule has 0 heterocycles. The van der Waals surface area contributed by atoms with E-state index in [2.05, 4.69) is 47.2 Å². The fourth-order valence-electron chi connectivity index (χ4n) is 2.07. The standard InChI is InChI=1S/C16H17BrFN/c1-11(13-3-7-15(17)8-4-13)19-12(2)14-5-9-16(18)10-6-14/h3-12,19H,1-2H3/t11-,12?/m0/s1. The summed E-state index contributed by atoms with van der Waals surface area (Å²) in [6.45, 7) is 4.21. The molecule has 0 aliphatic heterocycles. The molecule has 1 unspecified atom stereocenters. The number of benzene rings is 2. The molecular formula is C16H17BrFN. The quantitative estimate of drug-likeness (QED) is 0.835. The number of halogens is 2. The minimum absolute atomic E-state index is 0.180. The van der Waals surface area contributed by atoms with E-state index >= 15 is 0 Å². The fourth-order valence-corrected chi connectivity index (χ4v) is 2.33. The highest BCUT2D eigenvalue weighted by atomic mass is 79.9. The molecule has 19 heavy (non-hydrogen) atoms. The van der Waals surface area contributed by atoms with Gasteiger partial charge in [0.1, 0.15) is 5.82 Å². The van der Waals surface area contributed by atoms with Crippen LogP contribution in [0.1, 0.15) is 37.1 Å². The highest BCUT2D eigenvalue weighted by Crippen LogP contribution is 2.21. The predicted molar refractivity (Wildman–Crippen MR) is 80.5 cm³/mol. The van der Waals surface area contributed by atoms with Crippen LogP contribution in [0.5, 0.6) is 0 Å². The van der Waals surface area contributed by atoms with Crippen LogP contribution in [0, 0.1) is 5.82 Å².